The number of alkyl halides is 2. The highest BCUT2D eigenvalue weighted by atomic mass is 32.2. The molecule has 1 aliphatic heterocycles. The first-order chi connectivity index (χ1) is 18.0. The molecular weight excluding hydrogens is 518 g/mol. The lowest BCUT2D eigenvalue weighted by Crippen LogP contribution is -2.38. The molecule has 2 aromatic rings. The second-order valence-electron chi connectivity index (χ2n) is 8.25. The average molecular weight is 555 g/mol. The third kappa shape index (κ3) is 7.73. The molecule has 0 fully saturated rings. The van der Waals surface area contributed by atoms with Crippen LogP contribution in [0.5, 0.6) is 5.75 Å². The van der Waals surface area contributed by atoms with Crippen LogP contribution in [-0.4, -0.2) is 56.8 Å². The van der Waals surface area contributed by atoms with Gasteiger partial charge in [0.05, 0.1) is 17.2 Å². The molecule has 38 heavy (non-hydrogen) atoms. The van der Waals surface area contributed by atoms with Crippen molar-refractivity contribution in [3.63, 3.8) is 0 Å². The van der Waals surface area contributed by atoms with Gasteiger partial charge in [0.25, 0.3) is 0 Å². The maximum absolute atomic E-state index is 14.8. The number of aryl methyl sites for hydroxylation is 1. The lowest BCUT2D eigenvalue weighted by Gasteiger charge is -2.26. The second-order valence-corrected chi connectivity index (χ2v) is 9.70. The van der Waals surface area contributed by atoms with Crippen LogP contribution in [0.1, 0.15) is 43.6 Å². The summed E-state index contributed by atoms with van der Waals surface area (Å²) < 4.78 is 55.4. The van der Waals surface area contributed by atoms with E-state index in [2.05, 4.69) is 0 Å². The van der Waals surface area contributed by atoms with Crippen molar-refractivity contribution >= 4 is 17.0 Å². The number of para-hydroxylation sites is 1. The molecule has 0 saturated carbocycles. The normalized spacial score (nSPS) is 16.8. The molecule has 9 nitrogen and oxygen atoms in total. The SMILES string of the molecule is CC.CCN(N)/C=C(\N)COC(c1ccc(C)c(CN2CCOc3ccccc3S2=O)c1)C(F)(F)C(=O)O. The molecule has 2 atom stereocenters. The van der Waals surface area contributed by atoms with Crippen molar-refractivity contribution in [1.82, 2.24) is 9.31 Å². The van der Waals surface area contributed by atoms with E-state index in [1.165, 1.54) is 23.3 Å². The van der Waals surface area contributed by atoms with Crippen molar-refractivity contribution in [2.24, 2.45) is 11.6 Å². The van der Waals surface area contributed by atoms with E-state index in [1.807, 2.05) is 13.8 Å². The number of aliphatic carboxylic acids is 1. The Balaban J connectivity index is 0.00000247. The van der Waals surface area contributed by atoms with Gasteiger partial charge in [-0.05, 0) is 42.7 Å². The van der Waals surface area contributed by atoms with Gasteiger partial charge in [0.15, 0.2) is 6.10 Å². The number of nitrogens with zero attached hydrogens (tertiary/aromatic N) is 2. The third-order valence-corrected chi connectivity index (χ3v) is 7.11. The monoisotopic (exact) mass is 554 g/mol. The number of fused-ring (bicyclic) bond motifs is 1. The number of ether oxygens (including phenoxy) is 2. The fraction of sp³-hybridized carbons (Fsp3) is 0.423. The van der Waals surface area contributed by atoms with Crippen LogP contribution >= 0.6 is 0 Å². The van der Waals surface area contributed by atoms with E-state index in [0.29, 0.717) is 35.9 Å². The lowest BCUT2D eigenvalue weighted by atomic mass is 9.98. The summed E-state index contributed by atoms with van der Waals surface area (Å²) in [7, 11) is -1.54. The molecular formula is C26H36F2N4O5S. The Hall–Kier alpha value is -3.06. The van der Waals surface area contributed by atoms with Crippen molar-refractivity contribution in [3.8, 4) is 5.75 Å². The van der Waals surface area contributed by atoms with Gasteiger partial charge in [-0.15, -0.1) is 0 Å². The van der Waals surface area contributed by atoms with Crippen LogP contribution in [0.25, 0.3) is 0 Å². The van der Waals surface area contributed by atoms with E-state index in [1.54, 1.807) is 48.5 Å². The number of carboxylic acids is 1. The number of hydrogen-bond donors (Lipinski definition) is 3. The first-order valence-electron chi connectivity index (χ1n) is 12.2. The van der Waals surface area contributed by atoms with Crippen molar-refractivity contribution in [1.29, 1.82) is 0 Å². The predicted molar refractivity (Wildman–Crippen MR) is 141 cm³/mol. The Morgan fingerprint density at radius 1 is 1.32 bits per heavy atom. The van der Waals surface area contributed by atoms with Gasteiger partial charge in [-0.2, -0.15) is 8.78 Å². The van der Waals surface area contributed by atoms with Gasteiger partial charge in [0, 0.05) is 25.8 Å². The number of nitrogens with two attached hydrogens (primary N) is 2. The number of halogens is 2. The van der Waals surface area contributed by atoms with Crippen LogP contribution in [0, 0.1) is 6.92 Å². The van der Waals surface area contributed by atoms with Crippen LogP contribution in [0.3, 0.4) is 0 Å². The Morgan fingerprint density at radius 2 is 2.00 bits per heavy atom. The summed E-state index contributed by atoms with van der Waals surface area (Å²) in [5.74, 6) is -0.389. The Morgan fingerprint density at radius 3 is 2.66 bits per heavy atom. The molecule has 0 amide bonds. The predicted octanol–water partition coefficient (Wildman–Crippen LogP) is 3.71. The molecule has 2 unspecified atom stereocenters. The summed E-state index contributed by atoms with van der Waals surface area (Å²) in [5.41, 5.74) is 7.17. The molecule has 0 saturated heterocycles. The first-order valence-corrected chi connectivity index (χ1v) is 13.3. The fourth-order valence-corrected chi connectivity index (χ4v) is 4.86. The summed E-state index contributed by atoms with van der Waals surface area (Å²) in [6, 6.07) is 11.4. The highest BCUT2D eigenvalue weighted by Gasteiger charge is 2.49. The molecule has 0 radical (unpaired) electrons. The van der Waals surface area contributed by atoms with Gasteiger partial charge in [-0.1, -0.05) is 44.2 Å². The smallest absolute Gasteiger partial charge is 0.377 e. The molecule has 0 spiro atoms. The van der Waals surface area contributed by atoms with Crippen LogP contribution in [0.15, 0.2) is 59.3 Å². The fourth-order valence-electron chi connectivity index (χ4n) is 3.59. The van der Waals surface area contributed by atoms with Crippen LogP contribution in [-0.2, 0) is 27.1 Å². The van der Waals surface area contributed by atoms with Crippen molar-refractivity contribution in [2.45, 2.75) is 51.2 Å². The zero-order valence-corrected chi connectivity index (χ0v) is 22.8. The minimum absolute atomic E-state index is 0.0480. The van der Waals surface area contributed by atoms with Gasteiger partial charge in [0.1, 0.15) is 23.3 Å². The lowest BCUT2D eigenvalue weighted by molar-refractivity contribution is -0.189. The van der Waals surface area contributed by atoms with Crippen molar-refractivity contribution in [3.05, 3.63) is 71.1 Å². The summed E-state index contributed by atoms with van der Waals surface area (Å²) >= 11 is 0. The van der Waals surface area contributed by atoms with Gasteiger partial charge in [-0.3, -0.25) is 0 Å². The highest BCUT2D eigenvalue weighted by Crippen LogP contribution is 2.36. The van der Waals surface area contributed by atoms with E-state index in [9.17, 15) is 22.9 Å². The number of hydrogen-bond acceptors (Lipinski definition) is 7. The highest BCUT2D eigenvalue weighted by molar-refractivity contribution is 7.82. The molecule has 3 rings (SSSR count). The summed E-state index contributed by atoms with van der Waals surface area (Å²) in [4.78, 5) is 11.9. The quantitative estimate of drug-likeness (QED) is 0.299. The minimum atomic E-state index is -4.24. The summed E-state index contributed by atoms with van der Waals surface area (Å²) in [6.07, 6.45) is -0.793. The molecule has 0 bridgehead atoms. The molecule has 5 N–H and O–H groups in total. The Kier molecular flexibility index (Phi) is 11.6. The van der Waals surface area contributed by atoms with E-state index >= 15 is 0 Å². The molecule has 2 aromatic carbocycles. The van der Waals surface area contributed by atoms with Crippen LogP contribution in [0.4, 0.5) is 8.78 Å². The first kappa shape index (κ1) is 31.2. The van der Waals surface area contributed by atoms with Crippen LogP contribution < -0.4 is 16.3 Å². The molecule has 1 aliphatic rings. The molecule has 210 valence electrons. The number of rotatable bonds is 10. The average Bonchev–Trinajstić information content (AvgIpc) is 3.05. The number of carbonyl (C=O) groups is 1. The number of carboxylic acid groups (broad SMARTS) is 1. The number of benzene rings is 2. The van der Waals surface area contributed by atoms with Gasteiger partial charge >= 0.3 is 11.9 Å². The second kappa shape index (κ2) is 14.2. The topological polar surface area (TPSA) is 131 Å². The Labute approximate surface area is 224 Å². The van der Waals surface area contributed by atoms with E-state index < -0.39 is 35.6 Å². The van der Waals surface area contributed by atoms with E-state index in [0.717, 1.165) is 5.56 Å². The van der Waals surface area contributed by atoms with E-state index in [-0.39, 0.29) is 17.8 Å². The molecule has 0 aliphatic carbocycles. The van der Waals surface area contributed by atoms with Crippen LogP contribution in [0.2, 0.25) is 0 Å². The standard InChI is InChI=1S/C24H30F2N4O5S.C2H6/c1-3-29(28)14-19(27)15-35-22(24(25,26)23(31)32)17-9-8-16(2)18(12-17)13-30-10-11-34-20-6-4-5-7-21(20)36(30)33;1-2/h4-9,12,14,22H,3,10-11,13,15,27-28H2,1-2H3,(H,31,32);1-2H3/b19-14-;. The number of hydrazine groups is 1. The van der Waals surface area contributed by atoms with Gasteiger partial charge < -0.3 is 25.3 Å². The zero-order valence-electron chi connectivity index (χ0n) is 22.0. The van der Waals surface area contributed by atoms with Crippen molar-refractivity contribution < 1.29 is 32.4 Å². The Bertz CT molecular complexity index is 1150. The van der Waals surface area contributed by atoms with Crippen molar-refractivity contribution in [2.75, 3.05) is 26.3 Å². The largest absolute Gasteiger partial charge is 0.491 e. The maximum Gasteiger partial charge on any atom is 0.377 e. The zero-order chi connectivity index (χ0) is 28.5. The molecule has 0 aromatic heterocycles. The van der Waals surface area contributed by atoms with Gasteiger partial charge in [0.2, 0.25) is 0 Å². The summed E-state index contributed by atoms with van der Waals surface area (Å²) in [5, 5.41) is 10.4. The minimum Gasteiger partial charge on any atom is -0.491 e. The molecule has 1 heterocycles. The maximum atomic E-state index is 14.8. The van der Waals surface area contributed by atoms with E-state index in [4.69, 9.17) is 21.1 Å². The third-order valence-electron chi connectivity index (χ3n) is 5.62. The van der Waals surface area contributed by atoms with Gasteiger partial charge in [-0.25, -0.2) is 19.2 Å². The molecule has 12 heteroatoms. The summed E-state index contributed by atoms with van der Waals surface area (Å²) in [6.45, 7) is 8.31.